The third-order valence-corrected chi connectivity index (χ3v) is 3.18. The zero-order valence-electron chi connectivity index (χ0n) is 10.2. The summed E-state index contributed by atoms with van der Waals surface area (Å²) in [7, 11) is 0. The molecule has 1 aromatic rings. The molecule has 1 heterocycles. The van der Waals surface area contributed by atoms with Crippen LogP contribution < -0.4 is 10.2 Å². The van der Waals surface area contributed by atoms with Gasteiger partial charge in [0.25, 0.3) is 11.7 Å². The Bertz CT molecular complexity index is 488. The Kier molecular flexibility index (Phi) is 3.99. The molecular formula is C13H15ClN2O2. The number of anilines is 1. The number of halogens is 1. The van der Waals surface area contributed by atoms with E-state index in [9.17, 15) is 9.59 Å². The number of Topliss-reactive ketones (excluding diaryl/α,β-unsaturated/α-hetero) is 1. The van der Waals surface area contributed by atoms with E-state index in [1.54, 1.807) is 18.2 Å². The molecule has 1 aliphatic heterocycles. The minimum absolute atomic E-state index is 0.406. The van der Waals surface area contributed by atoms with Gasteiger partial charge in [-0.2, -0.15) is 0 Å². The Balaban J connectivity index is 2.17. The second kappa shape index (κ2) is 5.50. The lowest BCUT2D eigenvalue weighted by atomic mass is 10.1. The summed E-state index contributed by atoms with van der Waals surface area (Å²) in [4.78, 5) is 25.1. The first-order valence-corrected chi connectivity index (χ1v) is 6.40. The van der Waals surface area contributed by atoms with Crippen molar-refractivity contribution in [2.75, 3.05) is 24.5 Å². The molecule has 1 aliphatic rings. The van der Waals surface area contributed by atoms with E-state index < -0.39 is 11.7 Å². The number of rotatable bonds is 5. The monoisotopic (exact) mass is 266 g/mol. The Hall–Kier alpha value is -1.39. The van der Waals surface area contributed by atoms with Crippen molar-refractivity contribution in [3.05, 3.63) is 28.8 Å². The van der Waals surface area contributed by atoms with Crippen molar-refractivity contribution in [3.63, 3.8) is 0 Å². The maximum atomic E-state index is 11.9. The highest BCUT2D eigenvalue weighted by Crippen LogP contribution is 2.35. The van der Waals surface area contributed by atoms with Crippen LogP contribution in [0.5, 0.6) is 0 Å². The van der Waals surface area contributed by atoms with Crippen molar-refractivity contribution in [3.8, 4) is 0 Å². The first kappa shape index (κ1) is 13.1. The van der Waals surface area contributed by atoms with Crippen LogP contribution in [-0.2, 0) is 4.79 Å². The predicted octanol–water partition coefficient (Wildman–Crippen LogP) is 1.87. The van der Waals surface area contributed by atoms with Gasteiger partial charge in [-0.1, -0.05) is 24.6 Å². The van der Waals surface area contributed by atoms with Crippen molar-refractivity contribution in [1.29, 1.82) is 0 Å². The molecule has 0 unspecified atom stereocenters. The molecule has 0 radical (unpaired) electrons. The van der Waals surface area contributed by atoms with Gasteiger partial charge in [0.2, 0.25) is 0 Å². The number of hydrogen-bond donors (Lipinski definition) is 1. The number of fused-ring (bicyclic) bond motifs is 1. The second-order valence-electron chi connectivity index (χ2n) is 4.17. The topological polar surface area (TPSA) is 49.4 Å². The smallest absolute Gasteiger partial charge is 0.299 e. The molecule has 0 atom stereocenters. The van der Waals surface area contributed by atoms with E-state index in [0.717, 1.165) is 13.0 Å². The van der Waals surface area contributed by atoms with Gasteiger partial charge in [-0.05, 0) is 25.1 Å². The molecule has 4 nitrogen and oxygen atoms in total. The van der Waals surface area contributed by atoms with Crippen LogP contribution in [-0.4, -0.2) is 31.3 Å². The van der Waals surface area contributed by atoms with Crippen LogP contribution in [0, 0.1) is 0 Å². The lowest BCUT2D eigenvalue weighted by molar-refractivity contribution is -0.114. The molecule has 0 aromatic heterocycles. The molecule has 0 saturated heterocycles. The minimum atomic E-state index is -0.489. The fourth-order valence-corrected chi connectivity index (χ4v) is 2.29. The molecule has 0 bridgehead atoms. The number of carbonyl (C=O) groups is 2. The van der Waals surface area contributed by atoms with Crippen molar-refractivity contribution >= 4 is 29.0 Å². The molecule has 0 saturated carbocycles. The normalized spacial score (nSPS) is 14.2. The minimum Gasteiger partial charge on any atom is -0.315 e. The van der Waals surface area contributed by atoms with Crippen LogP contribution in [0.25, 0.3) is 0 Å². The van der Waals surface area contributed by atoms with Gasteiger partial charge in [0.1, 0.15) is 0 Å². The number of nitrogens with zero attached hydrogens (tertiary/aromatic N) is 1. The number of para-hydroxylation sites is 1. The number of carbonyl (C=O) groups excluding carboxylic acids is 2. The summed E-state index contributed by atoms with van der Waals surface area (Å²) in [6.45, 7) is 4.08. The Labute approximate surface area is 111 Å². The molecule has 96 valence electrons. The van der Waals surface area contributed by atoms with Crippen molar-refractivity contribution in [2.24, 2.45) is 0 Å². The largest absolute Gasteiger partial charge is 0.315 e. The number of amides is 1. The van der Waals surface area contributed by atoms with Crippen molar-refractivity contribution in [2.45, 2.75) is 13.3 Å². The predicted molar refractivity (Wildman–Crippen MR) is 71.3 cm³/mol. The lowest BCUT2D eigenvalue weighted by Gasteiger charge is -2.17. The van der Waals surface area contributed by atoms with Crippen LogP contribution in [0.3, 0.4) is 0 Å². The average Bonchev–Trinajstić information content (AvgIpc) is 2.61. The molecular weight excluding hydrogens is 252 g/mol. The van der Waals surface area contributed by atoms with Gasteiger partial charge < -0.3 is 10.2 Å². The van der Waals surface area contributed by atoms with E-state index in [4.69, 9.17) is 11.6 Å². The Morgan fingerprint density at radius 3 is 2.78 bits per heavy atom. The highest BCUT2D eigenvalue weighted by molar-refractivity contribution is 6.54. The number of hydrogen-bond acceptors (Lipinski definition) is 3. The van der Waals surface area contributed by atoms with Gasteiger partial charge in [0, 0.05) is 13.1 Å². The number of benzene rings is 1. The van der Waals surface area contributed by atoms with E-state index >= 15 is 0 Å². The summed E-state index contributed by atoms with van der Waals surface area (Å²) in [5.41, 5.74) is 0.954. The summed E-state index contributed by atoms with van der Waals surface area (Å²) in [5, 5.41) is 3.65. The summed E-state index contributed by atoms with van der Waals surface area (Å²) < 4.78 is 0. The standard InChI is InChI=1S/C13H15ClN2O2/c1-2-6-15-7-8-16-11-9(12(17)13(16)18)4-3-5-10(11)14/h3-5,15H,2,6-8H2,1H3. The lowest BCUT2D eigenvalue weighted by Crippen LogP contribution is -2.36. The molecule has 0 fully saturated rings. The molecule has 2 rings (SSSR count). The highest BCUT2D eigenvalue weighted by Gasteiger charge is 2.36. The Morgan fingerprint density at radius 1 is 1.28 bits per heavy atom. The van der Waals surface area contributed by atoms with Gasteiger partial charge >= 0.3 is 0 Å². The summed E-state index contributed by atoms with van der Waals surface area (Å²) in [5.74, 6) is -0.959. The molecule has 0 spiro atoms. The zero-order valence-corrected chi connectivity index (χ0v) is 11.0. The average molecular weight is 267 g/mol. The van der Waals surface area contributed by atoms with Crippen LogP contribution in [0.2, 0.25) is 5.02 Å². The van der Waals surface area contributed by atoms with Crippen molar-refractivity contribution < 1.29 is 9.59 Å². The van der Waals surface area contributed by atoms with E-state index in [-0.39, 0.29) is 0 Å². The molecule has 0 aliphatic carbocycles. The first-order valence-electron chi connectivity index (χ1n) is 6.02. The summed E-state index contributed by atoms with van der Waals surface area (Å²) in [6.07, 6.45) is 1.03. The fourth-order valence-electron chi connectivity index (χ4n) is 2.02. The summed E-state index contributed by atoms with van der Waals surface area (Å²) >= 11 is 6.07. The van der Waals surface area contributed by atoms with E-state index in [2.05, 4.69) is 12.2 Å². The van der Waals surface area contributed by atoms with Crippen LogP contribution in [0.1, 0.15) is 23.7 Å². The molecule has 1 N–H and O–H groups in total. The Morgan fingerprint density at radius 2 is 2.06 bits per heavy atom. The van der Waals surface area contributed by atoms with Gasteiger partial charge in [0.15, 0.2) is 0 Å². The van der Waals surface area contributed by atoms with E-state index in [0.29, 0.717) is 29.4 Å². The SMILES string of the molecule is CCCNCCN1C(=O)C(=O)c2cccc(Cl)c21. The van der Waals surface area contributed by atoms with Crippen molar-refractivity contribution in [1.82, 2.24) is 5.32 Å². The van der Waals surface area contributed by atoms with Gasteiger partial charge in [-0.15, -0.1) is 0 Å². The molecule has 18 heavy (non-hydrogen) atoms. The van der Waals surface area contributed by atoms with Crippen LogP contribution in [0.4, 0.5) is 5.69 Å². The van der Waals surface area contributed by atoms with Gasteiger partial charge in [-0.3, -0.25) is 9.59 Å². The maximum absolute atomic E-state index is 11.9. The van der Waals surface area contributed by atoms with Gasteiger partial charge in [-0.25, -0.2) is 0 Å². The zero-order chi connectivity index (χ0) is 13.1. The summed E-state index contributed by atoms with van der Waals surface area (Å²) in [6, 6.07) is 5.02. The molecule has 5 heteroatoms. The third-order valence-electron chi connectivity index (χ3n) is 2.88. The van der Waals surface area contributed by atoms with Crippen LogP contribution >= 0.6 is 11.6 Å². The second-order valence-corrected chi connectivity index (χ2v) is 4.58. The first-order chi connectivity index (χ1) is 8.66. The third kappa shape index (κ3) is 2.26. The van der Waals surface area contributed by atoms with E-state index in [1.165, 1.54) is 4.90 Å². The van der Waals surface area contributed by atoms with Gasteiger partial charge in [0.05, 0.1) is 16.3 Å². The highest BCUT2D eigenvalue weighted by atomic mass is 35.5. The van der Waals surface area contributed by atoms with E-state index in [1.807, 2.05) is 0 Å². The van der Waals surface area contributed by atoms with Crippen LogP contribution in [0.15, 0.2) is 18.2 Å². The molecule has 1 aromatic carbocycles. The number of ketones is 1. The quantitative estimate of drug-likeness (QED) is 0.654. The number of nitrogens with one attached hydrogen (secondary N) is 1. The molecule has 1 amide bonds. The maximum Gasteiger partial charge on any atom is 0.299 e. The fraction of sp³-hybridized carbons (Fsp3) is 0.385.